The highest BCUT2D eigenvalue weighted by atomic mass is 16.8. The van der Waals surface area contributed by atoms with Crippen molar-refractivity contribution in [2.45, 2.75) is 85.2 Å². The van der Waals surface area contributed by atoms with Crippen molar-refractivity contribution in [2.75, 3.05) is 0 Å². The second kappa shape index (κ2) is 9.27. The molecule has 0 saturated carbocycles. The lowest BCUT2D eigenvalue weighted by atomic mass is 9.87. The van der Waals surface area contributed by atoms with Crippen molar-refractivity contribution >= 4 is 17.7 Å². The molecule has 1 aliphatic carbocycles. The van der Waals surface area contributed by atoms with Crippen LogP contribution in [0.5, 0.6) is 0 Å². The van der Waals surface area contributed by atoms with Crippen LogP contribution in [-0.4, -0.2) is 77.0 Å². The molecule has 14 nitrogen and oxygen atoms in total. The fourth-order valence-electron chi connectivity index (χ4n) is 4.34. The molecular formula is C20H30N7O7-. The highest BCUT2D eigenvalue weighted by Gasteiger charge is 2.70. The van der Waals surface area contributed by atoms with E-state index in [1.54, 1.807) is 55.4 Å². The lowest BCUT2D eigenvalue weighted by Gasteiger charge is -2.57. The Bertz CT molecular complexity index is 973. The van der Waals surface area contributed by atoms with Crippen LogP contribution in [0.1, 0.15) is 55.4 Å². The van der Waals surface area contributed by atoms with E-state index in [-0.39, 0.29) is 12.0 Å². The molecule has 1 fully saturated rings. The van der Waals surface area contributed by atoms with Crippen LogP contribution in [0.2, 0.25) is 0 Å². The number of nitro groups is 2. The Morgan fingerprint density at radius 2 is 1.24 bits per heavy atom. The topological polar surface area (TPSA) is 175 Å². The van der Waals surface area contributed by atoms with E-state index in [4.69, 9.17) is 0 Å². The molecule has 0 bridgehead atoms. The van der Waals surface area contributed by atoms with Gasteiger partial charge in [-0.1, -0.05) is 0 Å². The first-order valence-electron chi connectivity index (χ1n) is 10.8. The van der Waals surface area contributed by atoms with Crippen molar-refractivity contribution in [3.8, 4) is 0 Å². The number of carbonyl (C=O) groups excluding carboxylic acids is 1. The number of urea groups is 1. The van der Waals surface area contributed by atoms with Crippen molar-refractivity contribution in [3.63, 3.8) is 0 Å². The number of carbonyl (C=O) groups is 1. The number of allylic oxidation sites excluding steroid dienone is 2. The molecule has 2 aliphatic rings. The van der Waals surface area contributed by atoms with Crippen LogP contribution in [0, 0.1) is 30.6 Å². The molecule has 0 aromatic heterocycles. The Kier molecular flexibility index (Phi) is 7.24. The Morgan fingerprint density at radius 1 is 0.794 bits per heavy atom. The molecule has 0 unspecified atom stereocenters. The van der Waals surface area contributed by atoms with Crippen molar-refractivity contribution < 1.29 is 19.5 Å². The number of hydrogen-bond donors (Lipinski definition) is 0. The summed E-state index contributed by atoms with van der Waals surface area (Å²) < 4.78 is 0. The number of nitrogens with zero attached hydrogens (tertiary/aromatic N) is 7. The summed E-state index contributed by atoms with van der Waals surface area (Å²) in [6.07, 6.45) is 1.37. The molecule has 1 heterocycles. The quantitative estimate of drug-likeness (QED) is 0.316. The van der Waals surface area contributed by atoms with Crippen LogP contribution >= 0.6 is 0 Å². The molecule has 0 radical (unpaired) electrons. The first-order chi connectivity index (χ1) is 15.6. The van der Waals surface area contributed by atoms with E-state index in [1.165, 1.54) is 9.80 Å². The van der Waals surface area contributed by atoms with Gasteiger partial charge in [0.05, 0.1) is 22.0 Å². The van der Waals surface area contributed by atoms with Gasteiger partial charge in [0.25, 0.3) is 0 Å². The summed E-state index contributed by atoms with van der Waals surface area (Å²) in [5.74, 6) is 0.0203. The lowest BCUT2D eigenvalue weighted by molar-refractivity contribution is -0.479. The molecule has 0 N–H and O–H groups in total. The summed E-state index contributed by atoms with van der Waals surface area (Å²) in [6, 6.07) is -2.95. The van der Waals surface area contributed by atoms with Crippen LogP contribution in [0.3, 0.4) is 0 Å². The van der Waals surface area contributed by atoms with Gasteiger partial charge in [-0.05, 0) is 55.4 Å². The van der Waals surface area contributed by atoms with Gasteiger partial charge in [0.2, 0.25) is 11.7 Å². The van der Waals surface area contributed by atoms with Gasteiger partial charge in [-0.3, -0.25) is 34.9 Å². The van der Waals surface area contributed by atoms with Gasteiger partial charge >= 0.3 is 23.1 Å². The number of aliphatic imine (C=N–C) groups is 1. The Hall–Kier alpha value is -3.71. The average molecular weight is 481 g/mol. The van der Waals surface area contributed by atoms with Crippen molar-refractivity contribution in [1.82, 2.24) is 14.7 Å². The zero-order valence-corrected chi connectivity index (χ0v) is 20.5. The first-order valence-corrected chi connectivity index (χ1v) is 10.8. The van der Waals surface area contributed by atoms with E-state index in [0.717, 1.165) is 4.90 Å². The summed E-state index contributed by atoms with van der Waals surface area (Å²) in [6.45, 7) is 13.4. The van der Waals surface area contributed by atoms with Crippen LogP contribution < -0.4 is 0 Å². The largest absolute Gasteiger partial charge is 0.612 e. The molecule has 1 saturated heterocycles. The molecular weight excluding hydrogens is 450 g/mol. The average Bonchev–Trinajstić information content (AvgIpc) is 2.65. The molecule has 2 amide bonds. The highest BCUT2D eigenvalue weighted by Crippen LogP contribution is 2.46. The number of rotatable bonds is 6. The van der Waals surface area contributed by atoms with Crippen molar-refractivity contribution in [1.29, 1.82) is 0 Å². The minimum Gasteiger partial charge on any atom is -0.612 e. The molecule has 188 valence electrons. The molecule has 1 spiro atoms. The Balaban J connectivity index is 3.21. The summed E-state index contributed by atoms with van der Waals surface area (Å²) in [5, 5.41) is 47.8. The summed E-state index contributed by atoms with van der Waals surface area (Å²) >= 11 is 0. The normalized spacial score (nSPS) is 22.5. The molecule has 0 atom stereocenters. The van der Waals surface area contributed by atoms with Crippen LogP contribution in [0.15, 0.2) is 28.5 Å². The third-order valence-electron chi connectivity index (χ3n) is 5.35. The zero-order chi connectivity index (χ0) is 26.3. The van der Waals surface area contributed by atoms with Gasteiger partial charge in [-0.15, -0.1) is 0 Å². The van der Waals surface area contributed by atoms with Gasteiger partial charge in [0.15, 0.2) is 0 Å². The molecule has 0 aromatic carbocycles. The van der Waals surface area contributed by atoms with Crippen LogP contribution in [-0.2, 0) is 0 Å². The molecule has 0 aromatic rings. The zero-order valence-electron chi connectivity index (χ0n) is 20.5. The van der Waals surface area contributed by atoms with E-state index in [1.807, 2.05) is 0 Å². The minimum absolute atomic E-state index is 0.0203. The van der Waals surface area contributed by atoms with E-state index in [0.29, 0.717) is 12.2 Å². The second-order valence-corrected chi connectivity index (χ2v) is 9.12. The van der Waals surface area contributed by atoms with E-state index >= 15 is 0 Å². The maximum atomic E-state index is 13.9. The monoisotopic (exact) mass is 480 g/mol. The summed E-state index contributed by atoms with van der Waals surface area (Å²) in [4.78, 5) is 44.2. The van der Waals surface area contributed by atoms with Gasteiger partial charge in [0, 0.05) is 24.2 Å². The van der Waals surface area contributed by atoms with Crippen LogP contribution in [0.25, 0.3) is 0 Å². The number of hydrogen-bond acceptors (Lipinski definition) is 8. The fraction of sp³-hybridized carbons (Fsp3) is 0.650. The van der Waals surface area contributed by atoms with Gasteiger partial charge in [-0.25, -0.2) is 9.79 Å². The molecule has 34 heavy (non-hydrogen) atoms. The van der Waals surface area contributed by atoms with Crippen molar-refractivity contribution in [2.24, 2.45) is 4.99 Å². The molecule has 2 rings (SSSR count). The SMILES string of the molecule is CC(C)N=C1N(C(C)C)C(=O)N(C(C)C)C2(C([N+](=O)[O-])=CC(=[N+]([O-])[O-])C=C2[N+](=O)[O-])N1C(C)C. The fourth-order valence-corrected chi connectivity index (χ4v) is 4.34. The summed E-state index contributed by atoms with van der Waals surface area (Å²) in [5.41, 5.74) is -4.95. The standard InChI is InChI=1S/C20H30N7O7/c1-11(2)21-18-22(12(3)4)19(28)24(14(7)8)20(23(18)13(5)6)16(26(31)32)9-15(25(29)30)10-17(20)27(33)34/h9-14H,1-8H3/q-1. The number of guanidine groups is 1. The minimum atomic E-state index is -2.38. The van der Waals surface area contributed by atoms with Crippen molar-refractivity contribution in [3.05, 3.63) is 54.2 Å². The lowest BCUT2D eigenvalue weighted by Crippen LogP contribution is -2.79. The summed E-state index contributed by atoms with van der Waals surface area (Å²) in [7, 11) is 0. The molecule has 1 aliphatic heterocycles. The highest BCUT2D eigenvalue weighted by molar-refractivity contribution is 6.06. The second-order valence-electron chi connectivity index (χ2n) is 9.12. The van der Waals surface area contributed by atoms with Gasteiger partial charge in [0.1, 0.15) is 0 Å². The maximum Gasteiger partial charge on any atom is 0.330 e. The molecule has 14 heteroatoms. The third-order valence-corrected chi connectivity index (χ3v) is 5.35. The maximum absolute atomic E-state index is 13.9. The van der Waals surface area contributed by atoms with E-state index < -0.39 is 61.7 Å². The smallest absolute Gasteiger partial charge is 0.330 e. The van der Waals surface area contributed by atoms with Gasteiger partial charge in [-0.2, -0.15) is 4.90 Å². The predicted molar refractivity (Wildman–Crippen MR) is 124 cm³/mol. The number of amides is 2. The Labute approximate surface area is 197 Å². The van der Waals surface area contributed by atoms with E-state index in [2.05, 4.69) is 4.99 Å². The predicted octanol–water partition coefficient (Wildman–Crippen LogP) is 2.50. The van der Waals surface area contributed by atoms with E-state index in [9.17, 15) is 35.4 Å². The Morgan fingerprint density at radius 3 is 1.53 bits per heavy atom. The third kappa shape index (κ3) is 4.03. The first kappa shape index (κ1) is 26.5. The van der Waals surface area contributed by atoms with Crippen LogP contribution in [0.4, 0.5) is 4.79 Å². The van der Waals surface area contributed by atoms with Gasteiger partial charge < -0.3 is 10.4 Å².